The Morgan fingerprint density at radius 1 is 1.09 bits per heavy atom. The van der Waals surface area contributed by atoms with Gasteiger partial charge in [0, 0.05) is 36.2 Å². The first kappa shape index (κ1) is 20.7. The number of furan rings is 1. The summed E-state index contributed by atoms with van der Waals surface area (Å²) < 4.78 is 11.7. The van der Waals surface area contributed by atoms with E-state index in [-0.39, 0.29) is 11.3 Å². The molecule has 32 heavy (non-hydrogen) atoms. The van der Waals surface area contributed by atoms with Gasteiger partial charge in [0.2, 0.25) is 0 Å². The standard InChI is InChI=1S/C26H23ClN2O3/c27-22-4-2-1-3-19(22)6-7-20-8-10-24(32-20)25(30)29-13-11-26(12-14-29)17-31-23-9-5-18(16-28)15-21(23)26/h1-5,8-10,15H,11-14,16-17,28H2. The van der Waals surface area contributed by atoms with Crippen LogP contribution in [0.1, 0.15) is 45.8 Å². The van der Waals surface area contributed by atoms with Gasteiger partial charge in [-0.05, 0) is 54.7 Å². The van der Waals surface area contributed by atoms with E-state index in [1.54, 1.807) is 18.2 Å². The smallest absolute Gasteiger partial charge is 0.289 e. The molecule has 2 N–H and O–H groups in total. The predicted octanol–water partition coefficient (Wildman–Crippen LogP) is 4.36. The fourth-order valence-electron chi connectivity index (χ4n) is 4.46. The third-order valence-electron chi connectivity index (χ3n) is 6.37. The molecule has 2 aromatic carbocycles. The Hall–Kier alpha value is -3.20. The first-order chi connectivity index (χ1) is 15.6. The highest BCUT2D eigenvalue weighted by atomic mass is 35.5. The fraction of sp³-hybridized carbons (Fsp3) is 0.269. The van der Waals surface area contributed by atoms with Gasteiger partial charge in [-0.2, -0.15) is 0 Å². The van der Waals surface area contributed by atoms with Crippen molar-refractivity contribution in [1.29, 1.82) is 0 Å². The summed E-state index contributed by atoms with van der Waals surface area (Å²) in [6, 6.07) is 17.0. The molecule has 5 rings (SSSR count). The van der Waals surface area contributed by atoms with Crippen LogP contribution in [0.15, 0.2) is 59.0 Å². The van der Waals surface area contributed by atoms with Crippen LogP contribution in [-0.4, -0.2) is 30.5 Å². The van der Waals surface area contributed by atoms with Crippen LogP contribution in [0.2, 0.25) is 5.02 Å². The SMILES string of the molecule is NCc1ccc2c(c1)C1(CCN(C(=O)c3ccc(C#Cc4ccccc4Cl)o3)CC1)CO2. The van der Waals surface area contributed by atoms with E-state index < -0.39 is 0 Å². The normalized spacial score (nSPS) is 16.2. The average Bonchev–Trinajstić information content (AvgIpc) is 3.44. The molecule has 0 aliphatic carbocycles. The van der Waals surface area contributed by atoms with Gasteiger partial charge >= 0.3 is 0 Å². The quantitative estimate of drug-likeness (QED) is 0.594. The van der Waals surface area contributed by atoms with E-state index in [4.69, 9.17) is 26.5 Å². The number of hydrogen-bond acceptors (Lipinski definition) is 4. The van der Waals surface area contributed by atoms with Crippen LogP contribution in [0.3, 0.4) is 0 Å². The molecule has 0 radical (unpaired) electrons. The molecule has 0 atom stereocenters. The molecule has 1 aromatic heterocycles. The van der Waals surface area contributed by atoms with Gasteiger partial charge in [-0.3, -0.25) is 4.79 Å². The summed E-state index contributed by atoms with van der Waals surface area (Å²) in [7, 11) is 0. The lowest BCUT2D eigenvalue weighted by atomic mass is 9.74. The fourth-order valence-corrected chi connectivity index (χ4v) is 4.64. The molecule has 1 amide bonds. The van der Waals surface area contributed by atoms with Crippen molar-refractivity contribution >= 4 is 17.5 Å². The predicted molar refractivity (Wildman–Crippen MR) is 123 cm³/mol. The highest BCUT2D eigenvalue weighted by molar-refractivity contribution is 6.31. The molecule has 1 fully saturated rings. The Bertz CT molecular complexity index is 1230. The molecule has 2 aliphatic heterocycles. The molecule has 1 spiro atoms. The maximum atomic E-state index is 13.0. The Morgan fingerprint density at radius 2 is 1.91 bits per heavy atom. The monoisotopic (exact) mass is 446 g/mol. The number of ether oxygens (including phenoxy) is 1. The van der Waals surface area contributed by atoms with Crippen LogP contribution in [0.5, 0.6) is 5.75 Å². The van der Waals surface area contributed by atoms with Gasteiger partial charge in [-0.25, -0.2) is 0 Å². The van der Waals surface area contributed by atoms with E-state index >= 15 is 0 Å². The lowest BCUT2D eigenvalue weighted by Crippen LogP contribution is -2.46. The maximum absolute atomic E-state index is 13.0. The number of nitrogens with zero attached hydrogens (tertiary/aromatic N) is 1. The largest absolute Gasteiger partial charge is 0.492 e. The molecule has 3 heterocycles. The molecule has 3 aromatic rings. The second-order valence-corrected chi connectivity index (χ2v) is 8.70. The highest BCUT2D eigenvalue weighted by Crippen LogP contribution is 2.46. The van der Waals surface area contributed by atoms with Crippen molar-refractivity contribution in [1.82, 2.24) is 4.90 Å². The molecule has 1 saturated heterocycles. The zero-order valence-electron chi connectivity index (χ0n) is 17.6. The second kappa shape index (κ2) is 8.38. The van der Waals surface area contributed by atoms with Crippen LogP contribution in [0.25, 0.3) is 0 Å². The average molecular weight is 447 g/mol. The van der Waals surface area contributed by atoms with Crippen LogP contribution >= 0.6 is 11.6 Å². The van der Waals surface area contributed by atoms with Gasteiger partial charge in [-0.15, -0.1) is 0 Å². The summed E-state index contributed by atoms with van der Waals surface area (Å²) in [5.74, 6) is 7.50. The van der Waals surface area contributed by atoms with E-state index in [0.29, 0.717) is 42.8 Å². The first-order valence-corrected chi connectivity index (χ1v) is 11.1. The molecule has 162 valence electrons. The van der Waals surface area contributed by atoms with E-state index in [2.05, 4.69) is 17.9 Å². The molecule has 0 bridgehead atoms. The first-order valence-electron chi connectivity index (χ1n) is 10.7. The lowest BCUT2D eigenvalue weighted by Gasteiger charge is -2.38. The van der Waals surface area contributed by atoms with E-state index in [1.165, 1.54) is 5.56 Å². The minimum atomic E-state index is -0.111. The number of hydrogen-bond donors (Lipinski definition) is 1. The second-order valence-electron chi connectivity index (χ2n) is 8.29. The van der Waals surface area contributed by atoms with Crippen LogP contribution in [0.4, 0.5) is 0 Å². The topological polar surface area (TPSA) is 68.7 Å². The maximum Gasteiger partial charge on any atom is 0.289 e. The van der Waals surface area contributed by atoms with Gasteiger partial charge in [0.25, 0.3) is 5.91 Å². The van der Waals surface area contributed by atoms with Gasteiger partial charge in [0.15, 0.2) is 11.5 Å². The number of piperidine rings is 1. The van der Waals surface area contributed by atoms with Crippen molar-refractivity contribution in [2.45, 2.75) is 24.8 Å². The van der Waals surface area contributed by atoms with Crippen LogP contribution < -0.4 is 10.5 Å². The molecule has 5 nitrogen and oxygen atoms in total. The third-order valence-corrected chi connectivity index (χ3v) is 6.70. The van der Waals surface area contributed by atoms with Crippen molar-refractivity contribution in [3.63, 3.8) is 0 Å². The number of carbonyl (C=O) groups excluding carboxylic acids is 1. The number of fused-ring (bicyclic) bond motifs is 2. The Labute approximate surface area is 192 Å². The molecule has 0 unspecified atom stereocenters. The number of benzene rings is 2. The zero-order chi connectivity index (χ0) is 22.1. The number of amides is 1. The van der Waals surface area contributed by atoms with Crippen molar-refractivity contribution in [3.8, 4) is 17.6 Å². The summed E-state index contributed by atoms with van der Waals surface area (Å²) in [6.45, 7) is 2.46. The summed E-state index contributed by atoms with van der Waals surface area (Å²) in [6.07, 6.45) is 1.69. The molecule has 0 saturated carbocycles. The number of halogens is 1. The van der Waals surface area contributed by atoms with Gasteiger partial charge in [-0.1, -0.05) is 41.8 Å². The van der Waals surface area contributed by atoms with Crippen LogP contribution in [0, 0.1) is 11.8 Å². The van der Waals surface area contributed by atoms with Gasteiger partial charge in [0.05, 0.1) is 11.6 Å². The van der Waals surface area contributed by atoms with Crippen LogP contribution in [-0.2, 0) is 12.0 Å². The molecule has 2 aliphatic rings. The minimum absolute atomic E-state index is 0.0496. The summed E-state index contributed by atoms with van der Waals surface area (Å²) in [5, 5.41) is 0.584. The third kappa shape index (κ3) is 3.77. The van der Waals surface area contributed by atoms with E-state index in [0.717, 1.165) is 29.7 Å². The van der Waals surface area contributed by atoms with E-state index in [1.807, 2.05) is 35.2 Å². The summed E-state index contributed by atoms with van der Waals surface area (Å²) >= 11 is 6.14. The van der Waals surface area contributed by atoms with E-state index in [9.17, 15) is 4.79 Å². The number of nitrogens with two attached hydrogens (primary N) is 1. The van der Waals surface area contributed by atoms with Gasteiger partial charge < -0.3 is 19.8 Å². The molecular weight excluding hydrogens is 424 g/mol. The molecular formula is C26H23ClN2O3. The number of likely N-dealkylation sites (tertiary alicyclic amines) is 1. The van der Waals surface area contributed by atoms with Gasteiger partial charge in [0.1, 0.15) is 5.75 Å². The summed E-state index contributed by atoms with van der Waals surface area (Å²) in [4.78, 5) is 14.9. The molecule has 6 heteroatoms. The highest BCUT2D eigenvalue weighted by Gasteiger charge is 2.44. The lowest BCUT2D eigenvalue weighted by molar-refractivity contribution is 0.0615. The number of carbonyl (C=O) groups is 1. The van der Waals surface area contributed by atoms with Crippen molar-refractivity contribution in [2.75, 3.05) is 19.7 Å². The number of rotatable bonds is 2. The zero-order valence-corrected chi connectivity index (χ0v) is 18.3. The van der Waals surface area contributed by atoms with Crippen molar-refractivity contribution < 1.29 is 13.9 Å². The minimum Gasteiger partial charge on any atom is -0.492 e. The Balaban J connectivity index is 1.27. The van der Waals surface area contributed by atoms with Crippen molar-refractivity contribution in [2.24, 2.45) is 5.73 Å². The Kier molecular flexibility index (Phi) is 5.42. The summed E-state index contributed by atoms with van der Waals surface area (Å²) in [5.41, 5.74) is 8.83. The van der Waals surface area contributed by atoms with Crippen molar-refractivity contribution in [3.05, 3.63) is 87.8 Å². The Morgan fingerprint density at radius 3 is 2.69 bits per heavy atom.